The smallest absolute Gasteiger partial charge is 0.0459 e. The number of nitrogens with one attached hydrogen (secondary N) is 1. The monoisotopic (exact) mass is 411 g/mol. The second kappa shape index (κ2) is 15.7. The van der Waals surface area contributed by atoms with Crippen LogP contribution in [-0.4, -0.2) is 29.5 Å². The molecule has 1 unspecified atom stereocenters. The number of hydrogen-bond acceptors (Lipinski definition) is 2. The van der Waals surface area contributed by atoms with E-state index in [0.717, 1.165) is 19.5 Å². The molecule has 2 aromatic carbocycles. The number of benzene rings is 2. The number of likely N-dealkylation sites (N-methyl/N-ethyl adjacent to an activating group) is 1. The predicted octanol–water partition coefficient (Wildman–Crippen LogP) is 6.87. The van der Waals surface area contributed by atoms with Gasteiger partial charge in [-0.25, -0.2) is 0 Å². The molecule has 0 aliphatic rings. The van der Waals surface area contributed by atoms with Gasteiger partial charge in [-0.1, -0.05) is 71.9 Å². The van der Waals surface area contributed by atoms with E-state index >= 15 is 0 Å². The van der Waals surface area contributed by atoms with E-state index in [1.54, 1.807) is 0 Å². The van der Waals surface area contributed by atoms with Crippen LogP contribution >= 0.6 is 0 Å². The Morgan fingerprint density at radius 1 is 0.900 bits per heavy atom. The first kappa shape index (κ1) is 27.9. The number of aromatic nitrogens is 1. The Morgan fingerprint density at radius 3 is 2.07 bits per heavy atom. The highest BCUT2D eigenvalue weighted by Crippen LogP contribution is 2.23. The van der Waals surface area contributed by atoms with Crippen LogP contribution in [0.4, 0.5) is 0 Å². The Kier molecular flexibility index (Phi) is 14.6. The van der Waals surface area contributed by atoms with E-state index in [1.165, 1.54) is 33.2 Å². The van der Waals surface area contributed by atoms with Crippen LogP contribution in [0.25, 0.3) is 10.9 Å². The standard InChI is InChI=1S/C21H27N3.3C2H6/c1-15-9-20-18(12-23-21(20)10-16(15)2)11-19(22)14-24(3)13-17-7-5-4-6-8-17;3*1-2/h4-10,12,19,23H,11,13-14,22H2,1-3H3;3*1-2H3. The van der Waals surface area contributed by atoms with E-state index in [4.69, 9.17) is 5.73 Å². The van der Waals surface area contributed by atoms with Gasteiger partial charge in [0, 0.05) is 36.2 Å². The van der Waals surface area contributed by atoms with Crippen molar-refractivity contribution in [1.29, 1.82) is 0 Å². The summed E-state index contributed by atoms with van der Waals surface area (Å²) in [5.41, 5.74) is 12.9. The van der Waals surface area contributed by atoms with E-state index in [0.29, 0.717) is 0 Å². The van der Waals surface area contributed by atoms with Crippen molar-refractivity contribution >= 4 is 10.9 Å². The van der Waals surface area contributed by atoms with Gasteiger partial charge < -0.3 is 15.6 Å². The molecule has 0 saturated carbocycles. The van der Waals surface area contributed by atoms with Crippen molar-refractivity contribution in [2.75, 3.05) is 13.6 Å². The number of fused-ring (bicyclic) bond motifs is 1. The minimum Gasteiger partial charge on any atom is -0.361 e. The van der Waals surface area contributed by atoms with Gasteiger partial charge >= 0.3 is 0 Å². The van der Waals surface area contributed by atoms with Crippen LogP contribution in [-0.2, 0) is 13.0 Å². The SMILES string of the molecule is CC.CC.CC.Cc1cc2[nH]cc(CC(N)CN(C)Cc3ccccc3)c2cc1C. The molecule has 0 bridgehead atoms. The molecular formula is C27H45N3. The average Bonchev–Trinajstić information content (AvgIpc) is 3.14. The highest BCUT2D eigenvalue weighted by molar-refractivity contribution is 5.84. The highest BCUT2D eigenvalue weighted by Gasteiger charge is 2.12. The quantitative estimate of drug-likeness (QED) is 0.465. The molecule has 0 aliphatic carbocycles. The van der Waals surface area contributed by atoms with Crippen molar-refractivity contribution in [1.82, 2.24) is 9.88 Å². The number of hydrogen-bond donors (Lipinski definition) is 2. The number of nitrogens with zero attached hydrogens (tertiary/aromatic N) is 1. The topological polar surface area (TPSA) is 45.1 Å². The van der Waals surface area contributed by atoms with Crippen molar-refractivity contribution in [2.24, 2.45) is 5.73 Å². The number of H-pyrrole nitrogens is 1. The Labute approximate surface area is 185 Å². The first-order chi connectivity index (χ1) is 14.5. The summed E-state index contributed by atoms with van der Waals surface area (Å²) in [4.78, 5) is 5.68. The van der Waals surface area contributed by atoms with Gasteiger partial charge in [0.2, 0.25) is 0 Å². The largest absolute Gasteiger partial charge is 0.361 e. The number of aryl methyl sites for hydroxylation is 2. The maximum atomic E-state index is 6.42. The lowest BCUT2D eigenvalue weighted by Gasteiger charge is -2.21. The lowest BCUT2D eigenvalue weighted by atomic mass is 10.0. The normalized spacial score (nSPS) is 10.9. The predicted molar refractivity (Wildman–Crippen MR) is 136 cm³/mol. The van der Waals surface area contributed by atoms with Crippen molar-refractivity contribution in [3.63, 3.8) is 0 Å². The molecule has 3 nitrogen and oxygen atoms in total. The summed E-state index contributed by atoms with van der Waals surface area (Å²) in [6.45, 7) is 18.1. The van der Waals surface area contributed by atoms with E-state index in [9.17, 15) is 0 Å². The first-order valence-electron chi connectivity index (χ1n) is 11.6. The van der Waals surface area contributed by atoms with E-state index in [1.807, 2.05) is 41.5 Å². The van der Waals surface area contributed by atoms with Gasteiger partial charge in [-0.3, -0.25) is 0 Å². The molecule has 0 amide bonds. The van der Waals surface area contributed by atoms with Gasteiger partial charge in [-0.2, -0.15) is 0 Å². The van der Waals surface area contributed by atoms with Gasteiger partial charge in [-0.15, -0.1) is 0 Å². The maximum absolute atomic E-state index is 6.42. The van der Waals surface area contributed by atoms with Gasteiger partial charge in [-0.05, 0) is 61.7 Å². The lowest BCUT2D eigenvalue weighted by Crippen LogP contribution is -2.36. The van der Waals surface area contributed by atoms with Crippen LogP contribution < -0.4 is 5.73 Å². The minimum absolute atomic E-state index is 0.124. The average molecular weight is 412 g/mol. The highest BCUT2D eigenvalue weighted by atomic mass is 15.1. The Hall–Kier alpha value is -2.10. The number of nitrogens with two attached hydrogens (primary N) is 1. The van der Waals surface area contributed by atoms with Crippen LogP contribution in [0.2, 0.25) is 0 Å². The van der Waals surface area contributed by atoms with Gasteiger partial charge in [0.15, 0.2) is 0 Å². The molecule has 1 atom stereocenters. The van der Waals surface area contributed by atoms with Crippen LogP contribution in [0.1, 0.15) is 63.8 Å². The summed E-state index contributed by atoms with van der Waals surface area (Å²) in [7, 11) is 2.13. The van der Waals surface area contributed by atoms with Crippen molar-refractivity contribution in [3.8, 4) is 0 Å². The molecule has 1 aromatic heterocycles. The fourth-order valence-corrected chi connectivity index (χ4v) is 3.32. The van der Waals surface area contributed by atoms with Gasteiger partial charge in [0.05, 0.1) is 0 Å². The first-order valence-corrected chi connectivity index (χ1v) is 11.6. The van der Waals surface area contributed by atoms with Crippen LogP contribution in [0.15, 0.2) is 48.7 Å². The molecule has 0 spiro atoms. The zero-order valence-corrected chi connectivity index (χ0v) is 20.8. The summed E-state index contributed by atoms with van der Waals surface area (Å²) in [6, 6.07) is 15.2. The molecule has 0 aliphatic heterocycles. The number of aromatic amines is 1. The van der Waals surface area contributed by atoms with Crippen LogP contribution in [0, 0.1) is 13.8 Å². The van der Waals surface area contributed by atoms with E-state index in [2.05, 4.69) is 79.4 Å². The molecule has 3 N–H and O–H groups in total. The third-order valence-corrected chi connectivity index (χ3v) is 4.71. The molecule has 0 saturated heterocycles. The molecule has 0 radical (unpaired) electrons. The second-order valence-corrected chi connectivity index (χ2v) is 6.94. The van der Waals surface area contributed by atoms with Crippen molar-refractivity contribution in [2.45, 2.75) is 74.4 Å². The minimum atomic E-state index is 0.124. The van der Waals surface area contributed by atoms with Crippen molar-refractivity contribution in [3.05, 3.63) is 70.9 Å². The molecular weight excluding hydrogens is 366 g/mol. The lowest BCUT2D eigenvalue weighted by molar-refractivity contribution is 0.302. The molecule has 1 heterocycles. The molecule has 3 heteroatoms. The zero-order chi connectivity index (χ0) is 23.1. The van der Waals surface area contributed by atoms with Crippen molar-refractivity contribution < 1.29 is 0 Å². The third-order valence-electron chi connectivity index (χ3n) is 4.71. The Balaban J connectivity index is 0.00000129. The maximum Gasteiger partial charge on any atom is 0.0459 e. The fraction of sp³-hybridized carbons (Fsp3) is 0.481. The third kappa shape index (κ3) is 8.73. The summed E-state index contributed by atoms with van der Waals surface area (Å²) in [6.07, 6.45) is 3.00. The zero-order valence-electron chi connectivity index (χ0n) is 20.8. The molecule has 30 heavy (non-hydrogen) atoms. The molecule has 3 rings (SSSR count). The summed E-state index contributed by atoms with van der Waals surface area (Å²) in [5.74, 6) is 0. The summed E-state index contributed by atoms with van der Waals surface area (Å²) >= 11 is 0. The fourth-order valence-electron chi connectivity index (χ4n) is 3.32. The Morgan fingerprint density at radius 2 is 1.47 bits per heavy atom. The van der Waals surface area contributed by atoms with Gasteiger partial charge in [0.1, 0.15) is 0 Å². The van der Waals surface area contributed by atoms with Gasteiger partial charge in [0.25, 0.3) is 0 Å². The molecule has 3 aromatic rings. The van der Waals surface area contributed by atoms with E-state index in [-0.39, 0.29) is 6.04 Å². The summed E-state index contributed by atoms with van der Waals surface area (Å²) < 4.78 is 0. The summed E-state index contributed by atoms with van der Waals surface area (Å²) in [5, 5.41) is 1.30. The van der Waals surface area contributed by atoms with E-state index < -0.39 is 0 Å². The molecule has 168 valence electrons. The second-order valence-electron chi connectivity index (χ2n) is 6.94. The van der Waals surface area contributed by atoms with Crippen LogP contribution in [0.5, 0.6) is 0 Å². The number of rotatable bonds is 6. The molecule has 0 fully saturated rings. The Bertz CT molecular complexity index is 806. The van der Waals surface area contributed by atoms with Crippen LogP contribution in [0.3, 0.4) is 0 Å².